The molecule has 4 aromatic rings. The molecule has 11 heteroatoms. The van der Waals surface area contributed by atoms with E-state index in [0.717, 1.165) is 26.8 Å². The number of amides is 1. The van der Waals surface area contributed by atoms with Crippen molar-refractivity contribution in [3.05, 3.63) is 93.3 Å². The molecule has 0 radical (unpaired) electrons. The molecule has 3 aromatic heterocycles. The van der Waals surface area contributed by atoms with Crippen LogP contribution in [0.3, 0.4) is 0 Å². The number of aliphatic carboxylic acids is 1. The Kier molecular flexibility index (Phi) is 10.5. The summed E-state index contributed by atoms with van der Waals surface area (Å²) in [6, 6.07) is 6.85. The second-order valence-corrected chi connectivity index (χ2v) is 12.3. The smallest absolute Gasteiger partial charge is 0.305 e. The van der Waals surface area contributed by atoms with E-state index in [1.165, 1.54) is 12.3 Å². The van der Waals surface area contributed by atoms with Gasteiger partial charge in [-0.1, -0.05) is 32.0 Å². The van der Waals surface area contributed by atoms with Crippen molar-refractivity contribution in [3.63, 3.8) is 0 Å². The summed E-state index contributed by atoms with van der Waals surface area (Å²) >= 11 is 0. The largest absolute Gasteiger partial charge is 0.481 e. The number of carbonyl (C=O) groups is 2. The molecule has 0 saturated carbocycles. The molecule has 0 aliphatic heterocycles. The molecule has 0 saturated heterocycles. The molecular formula is C34H41F2N5O4. The van der Waals surface area contributed by atoms with Crippen molar-refractivity contribution in [3.8, 4) is 11.1 Å². The Bertz CT molecular complexity index is 1720. The zero-order valence-corrected chi connectivity index (χ0v) is 26.6. The highest BCUT2D eigenvalue weighted by atomic mass is 19.3. The predicted octanol–water partition coefficient (Wildman–Crippen LogP) is 5.74. The van der Waals surface area contributed by atoms with Crippen LogP contribution in [0.2, 0.25) is 0 Å². The van der Waals surface area contributed by atoms with Crippen LogP contribution in [0, 0.1) is 19.8 Å². The highest BCUT2D eigenvalue weighted by Crippen LogP contribution is 2.33. The Labute approximate surface area is 261 Å². The summed E-state index contributed by atoms with van der Waals surface area (Å²) < 4.78 is 30.9. The van der Waals surface area contributed by atoms with Crippen molar-refractivity contribution < 1.29 is 23.5 Å². The van der Waals surface area contributed by atoms with E-state index < -0.39 is 47.9 Å². The lowest BCUT2D eigenvalue weighted by molar-refractivity contribution is -0.138. The number of nitrogens with zero attached hydrogens (tertiary/aromatic N) is 4. The summed E-state index contributed by atoms with van der Waals surface area (Å²) in [6.07, 6.45) is 3.73. The van der Waals surface area contributed by atoms with Crippen LogP contribution in [0.4, 0.5) is 8.78 Å². The van der Waals surface area contributed by atoms with Crippen LogP contribution < -0.4 is 10.9 Å². The summed E-state index contributed by atoms with van der Waals surface area (Å²) in [6.45, 7) is 8.27. The maximum absolute atomic E-state index is 14.1. The Hall–Kier alpha value is -4.38. The lowest BCUT2D eigenvalue weighted by Crippen LogP contribution is -2.41. The van der Waals surface area contributed by atoms with Gasteiger partial charge in [0.2, 0.25) is 5.91 Å². The fraction of sp³-hybridized carbons (Fsp3) is 0.412. The third-order valence-corrected chi connectivity index (χ3v) is 7.90. The topological polar surface area (TPSA) is 109 Å². The minimum Gasteiger partial charge on any atom is -0.481 e. The number of aryl methyl sites for hydroxylation is 2. The predicted molar refractivity (Wildman–Crippen MR) is 170 cm³/mol. The second kappa shape index (κ2) is 14.2. The van der Waals surface area contributed by atoms with Gasteiger partial charge < -0.3 is 24.3 Å². The number of rotatable bonds is 13. The number of hydrogen-bond acceptors (Lipinski definition) is 5. The highest BCUT2D eigenvalue weighted by molar-refractivity contribution is 5.84. The molecule has 240 valence electrons. The number of imidazole rings is 1. The fourth-order valence-electron chi connectivity index (χ4n) is 5.72. The van der Waals surface area contributed by atoms with Gasteiger partial charge >= 0.3 is 5.97 Å². The zero-order chi connectivity index (χ0) is 33.0. The van der Waals surface area contributed by atoms with E-state index in [9.17, 15) is 28.3 Å². The van der Waals surface area contributed by atoms with Gasteiger partial charge in [-0.15, -0.1) is 0 Å². The summed E-state index contributed by atoms with van der Waals surface area (Å²) in [5.74, 6) is -1.84. The average molecular weight is 622 g/mol. The quantitative estimate of drug-likeness (QED) is 0.197. The summed E-state index contributed by atoms with van der Waals surface area (Å²) in [7, 11) is 3.71. The van der Waals surface area contributed by atoms with Crippen LogP contribution in [-0.2, 0) is 16.0 Å². The SMILES string of the molecule is Cc1cccc(C)c1-c1cc([C@@H](CC(=O)O)NC(=O)[C@@H](CC(C)C)n2cc(CCN(C)C)cc(C(F)F)c2=O)cn2ccnc12. The van der Waals surface area contributed by atoms with Gasteiger partial charge in [-0.25, -0.2) is 13.8 Å². The van der Waals surface area contributed by atoms with E-state index in [4.69, 9.17) is 0 Å². The van der Waals surface area contributed by atoms with Crippen LogP contribution in [-0.4, -0.2) is 56.5 Å². The van der Waals surface area contributed by atoms with E-state index >= 15 is 0 Å². The number of benzene rings is 1. The molecule has 0 bridgehead atoms. The number of carbonyl (C=O) groups excluding carboxylic acids is 1. The lowest BCUT2D eigenvalue weighted by atomic mass is 9.93. The van der Waals surface area contributed by atoms with Gasteiger partial charge in [0.25, 0.3) is 12.0 Å². The third kappa shape index (κ3) is 7.83. The van der Waals surface area contributed by atoms with Crippen molar-refractivity contribution in [1.29, 1.82) is 0 Å². The van der Waals surface area contributed by atoms with E-state index in [2.05, 4.69) is 10.3 Å². The van der Waals surface area contributed by atoms with Crippen molar-refractivity contribution in [2.24, 2.45) is 5.92 Å². The first-order valence-electron chi connectivity index (χ1n) is 15.0. The van der Waals surface area contributed by atoms with E-state index in [0.29, 0.717) is 29.7 Å². The van der Waals surface area contributed by atoms with Crippen molar-refractivity contribution in [1.82, 2.24) is 24.2 Å². The van der Waals surface area contributed by atoms with Gasteiger partial charge in [0.1, 0.15) is 11.7 Å². The highest BCUT2D eigenvalue weighted by Gasteiger charge is 2.29. The van der Waals surface area contributed by atoms with Crippen molar-refractivity contribution in [2.75, 3.05) is 20.6 Å². The molecule has 2 N–H and O–H groups in total. The maximum atomic E-state index is 14.1. The molecule has 0 fully saturated rings. The Morgan fingerprint density at radius 1 is 1.09 bits per heavy atom. The molecule has 45 heavy (non-hydrogen) atoms. The number of alkyl halides is 2. The first-order chi connectivity index (χ1) is 21.3. The number of pyridine rings is 2. The van der Waals surface area contributed by atoms with Gasteiger partial charge in [0, 0.05) is 36.9 Å². The summed E-state index contributed by atoms with van der Waals surface area (Å²) in [5.41, 5.74) is 3.85. The molecule has 1 amide bonds. The van der Waals surface area contributed by atoms with Gasteiger partial charge in [-0.2, -0.15) is 0 Å². The molecule has 9 nitrogen and oxygen atoms in total. The Morgan fingerprint density at radius 2 is 1.78 bits per heavy atom. The average Bonchev–Trinajstić information content (AvgIpc) is 3.43. The van der Waals surface area contributed by atoms with E-state index in [-0.39, 0.29) is 12.3 Å². The minimum absolute atomic E-state index is 0.0797. The molecule has 4 rings (SSSR count). The second-order valence-electron chi connectivity index (χ2n) is 12.3. The standard InChI is InChI=1S/C34H41F2N5O4/c1-20(2)14-28(41-18-23(10-12-39(5)6)15-26(31(35)36)34(41)45)33(44)38-27(17-29(42)43)24-16-25(32-37-11-13-40(32)19-24)30-21(3)8-7-9-22(30)4/h7-9,11,13,15-16,18-20,27-28,31H,10,12,14,17H2,1-6H3,(H,38,44)(H,42,43)/t27-,28-/m1/s1. The number of aromatic nitrogens is 3. The van der Waals surface area contributed by atoms with E-state index in [1.807, 2.05) is 71.0 Å². The Morgan fingerprint density at radius 3 is 2.38 bits per heavy atom. The summed E-state index contributed by atoms with van der Waals surface area (Å²) in [5, 5.41) is 12.7. The normalized spacial score (nSPS) is 13.1. The molecular weight excluding hydrogens is 580 g/mol. The van der Waals surface area contributed by atoms with Gasteiger partial charge in [-0.05, 0) is 86.7 Å². The maximum Gasteiger partial charge on any atom is 0.305 e. The van der Waals surface area contributed by atoms with E-state index in [1.54, 1.807) is 23.0 Å². The Balaban J connectivity index is 1.81. The molecule has 0 spiro atoms. The number of carboxylic acid groups (broad SMARTS) is 1. The minimum atomic E-state index is -3.02. The molecule has 1 aromatic carbocycles. The number of carboxylic acids is 1. The van der Waals surface area contributed by atoms with Crippen LogP contribution in [0.25, 0.3) is 16.8 Å². The molecule has 3 heterocycles. The molecule has 2 atom stereocenters. The monoisotopic (exact) mass is 621 g/mol. The molecule has 0 unspecified atom stereocenters. The third-order valence-electron chi connectivity index (χ3n) is 7.90. The van der Waals surface area contributed by atoms with Gasteiger partial charge in [-0.3, -0.25) is 14.4 Å². The van der Waals surface area contributed by atoms with Crippen LogP contribution in [0.1, 0.15) is 73.0 Å². The lowest BCUT2D eigenvalue weighted by Gasteiger charge is -2.26. The van der Waals surface area contributed by atoms with Crippen LogP contribution in [0.5, 0.6) is 0 Å². The van der Waals surface area contributed by atoms with Gasteiger partial charge in [0.15, 0.2) is 0 Å². The van der Waals surface area contributed by atoms with Gasteiger partial charge in [0.05, 0.1) is 18.0 Å². The zero-order valence-electron chi connectivity index (χ0n) is 26.6. The first-order valence-corrected chi connectivity index (χ1v) is 15.0. The fourth-order valence-corrected chi connectivity index (χ4v) is 5.72. The summed E-state index contributed by atoms with van der Waals surface area (Å²) in [4.78, 5) is 45.9. The number of nitrogens with one attached hydrogen (secondary N) is 1. The number of hydrogen-bond donors (Lipinski definition) is 2. The van der Waals surface area contributed by atoms with Crippen molar-refractivity contribution in [2.45, 2.75) is 65.5 Å². The number of halogens is 2. The number of likely N-dealkylation sites (N-methyl/N-ethyl adjacent to an activating group) is 1. The van der Waals surface area contributed by atoms with Crippen LogP contribution in [0.15, 0.2) is 59.9 Å². The number of fused-ring (bicyclic) bond motifs is 1. The van der Waals surface area contributed by atoms with Crippen LogP contribution >= 0.6 is 0 Å². The molecule has 0 aliphatic carbocycles. The molecule has 0 aliphatic rings. The first kappa shape index (κ1) is 33.5. The van der Waals surface area contributed by atoms with Crippen molar-refractivity contribution >= 4 is 17.5 Å².